The van der Waals surface area contributed by atoms with Crippen LogP contribution < -0.4 is 10.5 Å². The molecule has 1 aliphatic heterocycles. The predicted molar refractivity (Wildman–Crippen MR) is 54.1 cm³/mol. The topological polar surface area (TPSA) is 35.2 Å². The van der Waals surface area contributed by atoms with Gasteiger partial charge in [-0.2, -0.15) is 0 Å². The number of nitrogen functional groups attached to an aromatic ring is 1. The van der Waals surface area contributed by atoms with Gasteiger partial charge >= 0.3 is 0 Å². The molecule has 1 aromatic rings. The van der Waals surface area contributed by atoms with Crippen LogP contribution in [0.15, 0.2) is 6.07 Å². The molecule has 0 unspecified atom stereocenters. The highest BCUT2D eigenvalue weighted by molar-refractivity contribution is 5.62. The quantitative estimate of drug-likeness (QED) is 0.617. The molecule has 0 aliphatic carbocycles. The van der Waals surface area contributed by atoms with Crippen molar-refractivity contribution in [2.24, 2.45) is 0 Å². The van der Waals surface area contributed by atoms with E-state index in [-0.39, 0.29) is 0 Å². The molecule has 2 heteroatoms. The van der Waals surface area contributed by atoms with Gasteiger partial charge in [-0.1, -0.05) is 6.07 Å². The lowest BCUT2D eigenvalue weighted by Gasteiger charge is -2.22. The third-order valence-corrected chi connectivity index (χ3v) is 2.63. The summed E-state index contributed by atoms with van der Waals surface area (Å²) in [5.74, 6) is 1.02. The highest BCUT2D eigenvalue weighted by atomic mass is 16.5. The van der Waals surface area contributed by atoms with Crippen molar-refractivity contribution >= 4 is 5.69 Å². The Morgan fingerprint density at radius 2 is 2.08 bits per heavy atom. The largest absolute Gasteiger partial charge is 0.493 e. The molecule has 70 valence electrons. The van der Waals surface area contributed by atoms with E-state index in [1.54, 1.807) is 0 Å². The van der Waals surface area contributed by atoms with Gasteiger partial charge in [0.25, 0.3) is 0 Å². The van der Waals surface area contributed by atoms with Crippen LogP contribution in [-0.4, -0.2) is 6.61 Å². The van der Waals surface area contributed by atoms with Crippen molar-refractivity contribution in [1.82, 2.24) is 0 Å². The first kappa shape index (κ1) is 8.42. The molecule has 0 saturated heterocycles. The number of fused-ring (bicyclic) bond motifs is 1. The van der Waals surface area contributed by atoms with Crippen LogP contribution in [0, 0.1) is 13.8 Å². The minimum atomic E-state index is 0.830. The van der Waals surface area contributed by atoms with Crippen LogP contribution in [0.25, 0.3) is 0 Å². The Kier molecular flexibility index (Phi) is 1.91. The summed E-state index contributed by atoms with van der Waals surface area (Å²) >= 11 is 0. The number of benzene rings is 1. The molecule has 0 saturated carbocycles. The fraction of sp³-hybridized carbons (Fsp3) is 0.455. The lowest BCUT2D eigenvalue weighted by molar-refractivity contribution is 0.286. The SMILES string of the molecule is Cc1cc(C)c2c(c1N)CCCO2. The van der Waals surface area contributed by atoms with Gasteiger partial charge in [0.2, 0.25) is 0 Å². The number of ether oxygens (including phenoxy) is 1. The zero-order valence-electron chi connectivity index (χ0n) is 8.18. The summed E-state index contributed by atoms with van der Waals surface area (Å²) in [6.45, 7) is 4.96. The summed E-state index contributed by atoms with van der Waals surface area (Å²) in [4.78, 5) is 0. The zero-order chi connectivity index (χ0) is 9.42. The molecule has 2 N–H and O–H groups in total. The highest BCUT2D eigenvalue weighted by Crippen LogP contribution is 2.34. The maximum Gasteiger partial charge on any atom is 0.127 e. The Hall–Kier alpha value is -1.18. The fourth-order valence-electron chi connectivity index (χ4n) is 1.94. The number of aryl methyl sites for hydroxylation is 2. The molecule has 0 bridgehead atoms. The highest BCUT2D eigenvalue weighted by Gasteiger charge is 2.16. The van der Waals surface area contributed by atoms with Crippen molar-refractivity contribution in [2.75, 3.05) is 12.3 Å². The molecule has 0 aromatic heterocycles. The Morgan fingerprint density at radius 3 is 2.85 bits per heavy atom. The van der Waals surface area contributed by atoms with E-state index in [4.69, 9.17) is 10.5 Å². The fourth-order valence-corrected chi connectivity index (χ4v) is 1.94. The van der Waals surface area contributed by atoms with Gasteiger partial charge in [-0.3, -0.25) is 0 Å². The minimum Gasteiger partial charge on any atom is -0.493 e. The summed E-state index contributed by atoms with van der Waals surface area (Å²) in [5, 5.41) is 0. The normalized spacial score (nSPS) is 14.9. The van der Waals surface area contributed by atoms with Gasteiger partial charge in [-0.25, -0.2) is 0 Å². The van der Waals surface area contributed by atoms with Crippen LogP contribution in [0.5, 0.6) is 5.75 Å². The molecule has 13 heavy (non-hydrogen) atoms. The molecular formula is C11H15NO. The van der Waals surface area contributed by atoms with Gasteiger partial charge in [0, 0.05) is 11.3 Å². The predicted octanol–water partition coefficient (Wildman–Crippen LogP) is 2.21. The lowest BCUT2D eigenvalue weighted by Crippen LogP contribution is -2.12. The van der Waals surface area contributed by atoms with Gasteiger partial charge in [0.15, 0.2) is 0 Å². The summed E-state index contributed by atoms with van der Waals surface area (Å²) < 4.78 is 5.61. The lowest BCUT2D eigenvalue weighted by atomic mass is 9.97. The van der Waals surface area contributed by atoms with Crippen molar-refractivity contribution in [2.45, 2.75) is 26.7 Å². The number of hydrogen-bond acceptors (Lipinski definition) is 2. The van der Waals surface area contributed by atoms with Crippen molar-refractivity contribution in [3.8, 4) is 5.75 Å². The second-order valence-corrected chi connectivity index (χ2v) is 3.68. The van der Waals surface area contributed by atoms with E-state index in [1.165, 1.54) is 16.7 Å². The third kappa shape index (κ3) is 1.26. The summed E-state index contributed by atoms with van der Waals surface area (Å²) in [6, 6.07) is 2.10. The molecule has 1 aromatic carbocycles. The van der Waals surface area contributed by atoms with Gasteiger partial charge in [0.1, 0.15) is 5.75 Å². The number of nitrogens with two attached hydrogens (primary N) is 1. The molecule has 2 rings (SSSR count). The zero-order valence-corrected chi connectivity index (χ0v) is 8.18. The van der Waals surface area contributed by atoms with E-state index in [0.717, 1.165) is 30.9 Å². The van der Waals surface area contributed by atoms with Crippen LogP contribution in [-0.2, 0) is 6.42 Å². The minimum absolute atomic E-state index is 0.830. The number of hydrogen-bond donors (Lipinski definition) is 1. The van der Waals surface area contributed by atoms with Crippen molar-refractivity contribution in [1.29, 1.82) is 0 Å². The van der Waals surface area contributed by atoms with Gasteiger partial charge in [-0.15, -0.1) is 0 Å². The molecule has 0 radical (unpaired) electrons. The monoisotopic (exact) mass is 177 g/mol. The van der Waals surface area contributed by atoms with E-state index >= 15 is 0 Å². The molecule has 0 atom stereocenters. The second kappa shape index (κ2) is 2.95. The maximum atomic E-state index is 5.99. The van der Waals surface area contributed by atoms with Gasteiger partial charge in [-0.05, 0) is 37.8 Å². The van der Waals surface area contributed by atoms with Crippen LogP contribution >= 0.6 is 0 Å². The van der Waals surface area contributed by atoms with Crippen molar-refractivity contribution in [3.05, 3.63) is 22.8 Å². The molecule has 0 spiro atoms. The summed E-state index contributed by atoms with van der Waals surface area (Å²) in [6.07, 6.45) is 2.14. The van der Waals surface area contributed by atoms with Crippen LogP contribution in [0.1, 0.15) is 23.1 Å². The summed E-state index contributed by atoms with van der Waals surface area (Å²) in [7, 11) is 0. The molecule has 1 heterocycles. The molecule has 1 aliphatic rings. The third-order valence-electron chi connectivity index (χ3n) is 2.63. The summed E-state index contributed by atoms with van der Waals surface area (Å²) in [5.41, 5.74) is 10.5. The Bertz CT molecular complexity index is 344. The van der Waals surface area contributed by atoms with Crippen LogP contribution in [0.3, 0.4) is 0 Å². The van der Waals surface area contributed by atoms with E-state index in [0.29, 0.717) is 0 Å². The molecule has 0 amide bonds. The molecule has 2 nitrogen and oxygen atoms in total. The van der Waals surface area contributed by atoms with E-state index in [1.807, 2.05) is 0 Å². The van der Waals surface area contributed by atoms with Crippen LogP contribution in [0.2, 0.25) is 0 Å². The first-order chi connectivity index (χ1) is 6.20. The van der Waals surface area contributed by atoms with Crippen molar-refractivity contribution in [3.63, 3.8) is 0 Å². The first-order valence-electron chi connectivity index (χ1n) is 4.71. The van der Waals surface area contributed by atoms with Crippen LogP contribution in [0.4, 0.5) is 5.69 Å². The average molecular weight is 177 g/mol. The smallest absolute Gasteiger partial charge is 0.127 e. The van der Waals surface area contributed by atoms with Crippen molar-refractivity contribution < 1.29 is 4.74 Å². The van der Waals surface area contributed by atoms with Gasteiger partial charge < -0.3 is 10.5 Å². The average Bonchev–Trinajstić information content (AvgIpc) is 2.15. The Labute approximate surface area is 78.7 Å². The maximum absolute atomic E-state index is 5.99. The first-order valence-corrected chi connectivity index (χ1v) is 4.71. The van der Waals surface area contributed by atoms with E-state index in [9.17, 15) is 0 Å². The molecular weight excluding hydrogens is 162 g/mol. The number of rotatable bonds is 0. The Morgan fingerprint density at radius 1 is 1.31 bits per heavy atom. The van der Waals surface area contributed by atoms with E-state index in [2.05, 4.69) is 19.9 Å². The van der Waals surface area contributed by atoms with E-state index < -0.39 is 0 Å². The van der Waals surface area contributed by atoms with Gasteiger partial charge in [0.05, 0.1) is 6.61 Å². The second-order valence-electron chi connectivity index (χ2n) is 3.68. The number of anilines is 1. The molecule has 0 fully saturated rings. The Balaban J connectivity index is 2.63. The standard InChI is InChI=1S/C11H15NO/c1-7-6-8(2)11-9(10(7)12)4-3-5-13-11/h6H,3-5,12H2,1-2H3.